The molecular weight excluding hydrogens is 460 g/mol. The van der Waals surface area contributed by atoms with E-state index in [1.807, 2.05) is 24.3 Å². The zero-order chi connectivity index (χ0) is 24.3. The Kier molecular flexibility index (Phi) is 6.77. The van der Waals surface area contributed by atoms with E-state index in [1.54, 1.807) is 0 Å². The number of carbonyl (C=O) groups is 1. The van der Waals surface area contributed by atoms with Crippen molar-refractivity contribution in [2.75, 3.05) is 52.9 Å². The minimum Gasteiger partial charge on any atom is -0.493 e. The standard InChI is InChI=1S/C28H34N2O6/c31-28-14-22-13-26-25(34-19-35-26)12-21(22)7-10-30(28)17-20-4-1-2-8-29(16-20)9-3-11-32-23-5-6-24-27(15-23)36-18-33-24/h5-6,12-13,15,20H,1-4,7-11,14,16-19H2. The van der Waals surface area contributed by atoms with Gasteiger partial charge in [0.05, 0.1) is 13.0 Å². The van der Waals surface area contributed by atoms with E-state index < -0.39 is 0 Å². The number of likely N-dealkylation sites (tertiary alicyclic amines) is 1. The number of ether oxygens (including phenoxy) is 5. The molecule has 8 nitrogen and oxygen atoms in total. The summed E-state index contributed by atoms with van der Waals surface area (Å²) in [5.74, 6) is 4.63. The summed E-state index contributed by atoms with van der Waals surface area (Å²) in [5, 5.41) is 0. The van der Waals surface area contributed by atoms with Gasteiger partial charge in [-0.25, -0.2) is 0 Å². The number of rotatable bonds is 7. The molecular formula is C28H34N2O6. The van der Waals surface area contributed by atoms with Crippen LogP contribution in [0, 0.1) is 5.92 Å². The maximum absolute atomic E-state index is 13.1. The van der Waals surface area contributed by atoms with Crippen LogP contribution in [0.1, 0.15) is 36.8 Å². The third-order valence-corrected chi connectivity index (χ3v) is 7.60. The summed E-state index contributed by atoms with van der Waals surface area (Å²) in [5.41, 5.74) is 2.29. The molecule has 0 aromatic heterocycles. The summed E-state index contributed by atoms with van der Waals surface area (Å²) >= 11 is 0. The van der Waals surface area contributed by atoms with Gasteiger partial charge in [-0.05, 0) is 73.5 Å². The van der Waals surface area contributed by atoms with Crippen LogP contribution in [0.4, 0.5) is 0 Å². The first kappa shape index (κ1) is 23.3. The first-order valence-corrected chi connectivity index (χ1v) is 13.2. The van der Waals surface area contributed by atoms with Crippen LogP contribution in [0.5, 0.6) is 28.7 Å². The fourth-order valence-corrected chi connectivity index (χ4v) is 5.70. The average Bonchev–Trinajstić information content (AvgIpc) is 3.44. The second kappa shape index (κ2) is 10.5. The Bertz CT molecular complexity index is 1110. The van der Waals surface area contributed by atoms with Gasteiger partial charge in [0, 0.05) is 32.2 Å². The number of carbonyl (C=O) groups excluding carboxylic acids is 1. The van der Waals surface area contributed by atoms with Gasteiger partial charge in [0.15, 0.2) is 23.0 Å². The van der Waals surface area contributed by atoms with Crippen LogP contribution in [0.2, 0.25) is 0 Å². The van der Waals surface area contributed by atoms with Gasteiger partial charge in [0.2, 0.25) is 19.5 Å². The minimum absolute atomic E-state index is 0.223. The lowest BCUT2D eigenvalue weighted by Gasteiger charge is -2.29. The minimum atomic E-state index is 0.223. The highest BCUT2D eigenvalue weighted by Gasteiger charge is 2.27. The highest BCUT2D eigenvalue weighted by atomic mass is 16.7. The molecule has 6 rings (SSSR count). The molecule has 1 saturated heterocycles. The van der Waals surface area contributed by atoms with E-state index in [-0.39, 0.29) is 19.5 Å². The molecule has 0 aliphatic carbocycles. The SMILES string of the molecule is O=C1Cc2cc3c(cc2CCN1CC1CCCCN(CCCOc2ccc4c(c2)OCO4)C1)OCO3. The topological polar surface area (TPSA) is 69.7 Å². The Morgan fingerprint density at radius 3 is 2.53 bits per heavy atom. The second-order valence-electron chi connectivity index (χ2n) is 10.1. The summed E-state index contributed by atoms with van der Waals surface area (Å²) in [6.45, 7) is 5.97. The normalized spacial score (nSPS) is 21.2. The van der Waals surface area contributed by atoms with Crippen LogP contribution in [0.15, 0.2) is 30.3 Å². The number of amides is 1. The van der Waals surface area contributed by atoms with Crippen molar-refractivity contribution in [1.29, 1.82) is 0 Å². The highest BCUT2D eigenvalue weighted by Crippen LogP contribution is 2.37. The summed E-state index contributed by atoms with van der Waals surface area (Å²) in [6, 6.07) is 9.79. The molecule has 1 fully saturated rings. The van der Waals surface area contributed by atoms with Gasteiger partial charge in [-0.15, -0.1) is 0 Å². The van der Waals surface area contributed by atoms with E-state index in [1.165, 1.54) is 24.8 Å². The maximum Gasteiger partial charge on any atom is 0.231 e. The van der Waals surface area contributed by atoms with E-state index in [9.17, 15) is 4.79 Å². The van der Waals surface area contributed by atoms with Gasteiger partial charge in [-0.1, -0.05) is 6.42 Å². The van der Waals surface area contributed by atoms with Crippen molar-refractivity contribution in [3.63, 3.8) is 0 Å². The summed E-state index contributed by atoms with van der Waals surface area (Å²) in [6.07, 6.45) is 5.89. The smallest absolute Gasteiger partial charge is 0.231 e. The average molecular weight is 495 g/mol. The Labute approximate surface area is 212 Å². The summed E-state index contributed by atoms with van der Waals surface area (Å²) in [7, 11) is 0. The van der Waals surface area contributed by atoms with Crippen molar-refractivity contribution in [3.8, 4) is 28.7 Å². The molecule has 4 heterocycles. The number of hydrogen-bond donors (Lipinski definition) is 0. The third kappa shape index (κ3) is 5.19. The van der Waals surface area contributed by atoms with Gasteiger partial charge in [-0.2, -0.15) is 0 Å². The Hall–Kier alpha value is -3.13. The first-order chi connectivity index (χ1) is 17.7. The van der Waals surface area contributed by atoms with Crippen molar-refractivity contribution in [2.45, 2.75) is 38.5 Å². The van der Waals surface area contributed by atoms with E-state index in [4.69, 9.17) is 23.7 Å². The van der Waals surface area contributed by atoms with E-state index in [0.29, 0.717) is 18.9 Å². The molecule has 8 heteroatoms. The largest absolute Gasteiger partial charge is 0.493 e. The Morgan fingerprint density at radius 2 is 1.67 bits per heavy atom. The molecule has 0 bridgehead atoms. The van der Waals surface area contributed by atoms with Gasteiger partial charge in [-0.3, -0.25) is 4.79 Å². The second-order valence-corrected chi connectivity index (χ2v) is 10.1. The van der Waals surface area contributed by atoms with Gasteiger partial charge in [0.1, 0.15) is 5.75 Å². The monoisotopic (exact) mass is 494 g/mol. The van der Waals surface area contributed by atoms with Crippen molar-refractivity contribution >= 4 is 5.91 Å². The predicted octanol–water partition coefficient (Wildman–Crippen LogP) is 3.64. The van der Waals surface area contributed by atoms with Crippen LogP contribution in [0.25, 0.3) is 0 Å². The van der Waals surface area contributed by atoms with Crippen LogP contribution < -0.4 is 23.7 Å². The molecule has 0 N–H and O–H groups in total. The van der Waals surface area contributed by atoms with E-state index in [0.717, 1.165) is 79.9 Å². The quantitative estimate of drug-likeness (QED) is 0.545. The van der Waals surface area contributed by atoms with Gasteiger partial charge >= 0.3 is 0 Å². The molecule has 1 amide bonds. The molecule has 0 saturated carbocycles. The summed E-state index contributed by atoms with van der Waals surface area (Å²) in [4.78, 5) is 17.8. The van der Waals surface area contributed by atoms with Crippen LogP contribution in [0.3, 0.4) is 0 Å². The van der Waals surface area contributed by atoms with Crippen molar-refractivity contribution in [1.82, 2.24) is 9.80 Å². The fourth-order valence-electron chi connectivity index (χ4n) is 5.70. The molecule has 192 valence electrons. The van der Waals surface area contributed by atoms with E-state index in [2.05, 4.69) is 15.9 Å². The molecule has 0 radical (unpaired) electrons. The van der Waals surface area contributed by atoms with Gasteiger partial charge < -0.3 is 33.5 Å². The van der Waals surface area contributed by atoms with Crippen LogP contribution >= 0.6 is 0 Å². The number of hydrogen-bond acceptors (Lipinski definition) is 7. The molecule has 4 aliphatic rings. The number of benzene rings is 2. The number of fused-ring (bicyclic) bond motifs is 3. The number of nitrogens with zero attached hydrogens (tertiary/aromatic N) is 2. The zero-order valence-corrected chi connectivity index (χ0v) is 20.7. The fraction of sp³-hybridized carbons (Fsp3) is 0.536. The van der Waals surface area contributed by atoms with E-state index >= 15 is 0 Å². The molecule has 4 aliphatic heterocycles. The summed E-state index contributed by atoms with van der Waals surface area (Å²) < 4.78 is 27.8. The lowest BCUT2D eigenvalue weighted by molar-refractivity contribution is -0.130. The third-order valence-electron chi connectivity index (χ3n) is 7.60. The molecule has 2 aromatic rings. The zero-order valence-electron chi connectivity index (χ0n) is 20.7. The molecule has 1 unspecified atom stereocenters. The Morgan fingerprint density at radius 1 is 0.889 bits per heavy atom. The van der Waals surface area contributed by atoms with Gasteiger partial charge in [0.25, 0.3) is 0 Å². The van der Waals surface area contributed by atoms with Crippen LogP contribution in [-0.2, 0) is 17.6 Å². The Balaban J connectivity index is 0.991. The predicted molar refractivity (Wildman–Crippen MR) is 133 cm³/mol. The molecule has 0 spiro atoms. The van der Waals surface area contributed by atoms with Crippen molar-refractivity contribution in [3.05, 3.63) is 41.5 Å². The highest BCUT2D eigenvalue weighted by molar-refractivity contribution is 5.80. The molecule has 1 atom stereocenters. The molecule has 2 aromatic carbocycles. The molecule has 36 heavy (non-hydrogen) atoms. The first-order valence-electron chi connectivity index (χ1n) is 13.2. The lowest BCUT2D eigenvalue weighted by atomic mass is 10.0. The maximum atomic E-state index is 13.1. The van der Waals surface area contributed by atoms with Crippen molar-refractivity contribution in [2.24, 2.45) is 5.92 Å². The van der Waals surface area contributed by atoms with Crippen molar-refractivity contribution < 1.29 is 28.5 Å². The lowest BCUT2D eigenvalue weighted by Crippen LogP contribution is -2.40. The van der Waals surface area contributed by atoms with Crippen LogP contribution in [-0.4, -0.2) is 68.6 Å².